The molecule has 0 aliphatic carbocycles. The largest absolute Gasteiger partial charge is 0.345 e. The lowest BCUT2D eigenvalue weighted by atomic mass is 10.1. The first-order valence-corrected chi connectivity index (χ1v) is 8.49. The van der Waals surface area contributed by atoms with Crippen molar-refractivity contribution in [3.05, 3.63) is 59.7 Å². The van der Waals surface area contributed by atoms with Crippen LogP contribution in [0, 0.1) is 0 Å². The predicted octanol–water partition coefficient (Wildman–Crippen LogP) is 2.77. The Morgan fingerprint density at radius 2 is 1.77 bits per heavy atom. The molecule has 1 fully saturated rings. The van der Waals surface area contributed by atoms with Crippen LogP contribution in [-0.2, 0) is 4.79 Å². The molecule has 0 saturated carbocycles. The summed E-state index contributed by atoms with van der Waals surface area (Å²) in [7, 11) is 3.36. The average molecular weight is 351 g/mol. The molecule has 26 heavy (non-hydrogen) atoms. The van der Waals surface area contributed by atoms with Crippen molar-refractivity contribution in [3.8, 4) is 0 Å². The highest BCUT2D eigenvalue weighted by Gasteiger charge is 2.21. The van der Waals surface area contributed by atoms with Gasteiger partial charge in [-0.2, -0.15) is 0 Å². The molecule has 6 heteroatoms. The van der Waals surface area contributed by atoms with Crippen LogP contribution in [0.5, 0.6) is 0 Å². The third-order valence-corrected chi connectivity index (χ3v) is 4.29. The van der Waals surface area contributed by atoms with Crippen molar-refractivity contribution in [2.75, 3.05) is 30.9 Å². The van der Waals surface area contributed by atoms with E-state index >= 15 is 0 Å². The van der Waals surface area contributed by atoms with Crippen LogP contribution in [0.4, 0.5) is 11.4 Å². The lowest BCUT2D eigenvalue weighted by Crippen LogP contribution is -2.23. The van der Waals surface area contributed by atoms with E-state index in [2.05, 4.69) is 5.32 Å². The van der Waals surface area contributed by atoms with Gasteiger partial charge < -0.3 is 15.1 Å². The lowest BCUT2D eigenvalue weighted by Gasteiger charge is -2.16. The van der Waals surface area contributed by atoms with Gasteiger partial charge in [0.15, 0.2) is 0 Å². The maximum atomic E-state index is 12.4. The van der Waals surface area contributed by atoms with Crippen LogP contribution in [0.2, 0.25) is 0 Å². The van der Waals surface area contributed by atoms with Gasteiger partial charge in [-0.05, 0) is 48.9 Å². The van der Waals surface area contributed by atoms with Crippen LogP contribution < -0.4 is 10.2 Å². The Hall–Kier alpha value is -3.15. The van der Waals surface area contributed by atoms with Crippen molar-refractivity contribution in [2.24, 2.45) is 0 Å². The van der Waals surface area contributed by atoms with E-state index in [0.717, 1.165) is 18.7 Å². The van der Waals surface area contributed by atoms with Crippen LogP contribution in [0.1, 0.15) is 33.6 Å². The molecule has 2 aromatic carbocycles. The van der Waals surface area contributed by atoms with Gasteiger partial charge in [0, 0.05) is 49.6 Å². The number of benzene rings is 2. The number of amides is 3. The second kappa shape index (κ2) is 7.39. The molecule has 0 radical (unpaired) electrons. The number of hydrogen-bond acceptors (Lipinski definition) is 3. The van der Waals surface area contributed by atoms with E-state index in [9.17, 15) is 14.4 Å². The fourth-order valence-corrected chi connectivity index (χ4v) is 2.91. The van der Waals surface area contributed by atoms with E-state index in [1.165, 1.54) is 4.90 Å². The molecule has 0 atom stereocenters. The zero-order valence-electron chi connectivity index (χ0n) is 14.9. The number of nitrogens with one attached hydrogen (secondary N) is 1. The van der Waals surface area contributed by atoms with Gasteiger partial charge in [-0.3, -0.25) is 14.4 Å². The maximum absolute atomic E-state index is 12.4. The summed E-state index contributed by atoms with van der Waals surface area (Å²) in [5.74, 6) is -0.274. The normalized spacial score (nSPS) is 13.6. The molecule has 0 aromatic heterocycles. The number of carbonyl (C=O) groups excluding carboxylic acids is 3. The average Bonchev–Trinajstić information content (AvgIpc) is 3.07. The van der Waals surface area contributed by atoms with Gasteiger partial charge in [0.2, 0.25) is 5.91 Å². The third kappa shape index (κ3) is 3.74. The molecule has 3 rings (SSSR count). The Balaban J connectivity index is 1.71. The molecule has 1 aliphatic rings. The molecule has 0 bridgehead atoms. The van der Waals surface area contributed by atoms with E-state index in [0.29, 0.717) is 23.2 Å². The fraction of sp³-hybridized carbons (Fsp3) is 0.250. The maximum Gasteiger partial charge on any atom is 0.255 e. The molecular weight excluding hydrogens is 330 g/mol. The lowest BCUT2D eigenvalue weighted by molar-refractivity contribution is -0.117. The van der Waals surface area contributed by atoms with Crippen molar-refractivity contribution in [1.82, 2.24) is 4.90 Å². The Kier molecular flexibility index (Phi) is 5.02. The number of nitrogens with zero attached hydrogens (tertiary/aromatic N) is 2. The second-order valence-corrected chi connectivity index (χ2v) is 6.43. The molecule has 0 spiro atoms. The van der Waals surface area contributed by atoms with Crippen LogP contribution >= 0.6 is 0 Å². The topological polar surface area (TPSA) is 69.7 Å². The molecule has 0 unspecified atom stereocenters. The van der Waals surface area contributed by atoms with E-state index in [4.69, 9.17) is 0 Å². The van der Waals surface area contributed by atoms with Gasteiger partial charge in [-0.15, -0.1) is 0 Å². The number of carbonyl (C=O) groups is 3. The van der Waals surface area contributed by atoms with Crippen molar-refractivity contribution in [2.45, 2.75) is 12.8 Å². The fourth-order valence-electron chi connectivity index (χ4n) is 2.91. The molecule has 1 N–H and O–H groups in total. The second-order valence-electron chi connectivity index (χ2n) is 6.43. The number of rotatable bonds is 4. The molecule has 1 heterocycles. The first-order valence-electron chi connectivity index (χ1n) is 8.49. The summed E-state index contributed by atoms with van der Waals surface area (Å²) < 4.78 is 0. The SMILES string of the molecule is CN(C)C(=O)c1cccc(NC(=O)c2ccc(N3CCCC3=O)cc2)c1. The minimum absolute atomic E-state index is 0.115. The van der Waals surface area contributed by atoms with E-state index in [1.54, 1.807) is 67.5 Å². The van der Waals surface area contributed by atoms with Gasteiger partial charge in [-0.1, -0.05) is 6.07 Å². The highest BCUT2D eigenvalue weighted by atomic mass is 16.2. The summed E-state index contributed by atoms with van der Waals surface area (Å²) >= 11 is 0. The van der Waals surface area contributed by atoms with Gasteiger partial charge in [-0.25, -0.2) is 0 Å². The highest BCUT2D eigenvalue weighted by molar-refractivity contribution is 6.05. The quantitative estimate of drug-likeness (QED) is 0.921. The highest BCUT2D eigenvalue weighted by Crippen LogP contribution is 2.22. The monoisotopic (exact) mass is 351 g/mol. The van der Waals surface area contributed by atoms with Crippen LogP contribution in [-0.4, -0.2) is 43.3 Å². The molecule has 1 aliphatic heterocycles. The summed E-state index contributed by atoms with van der Waals surface area (Å²) in [6.45, 7) is 0.719. The van der Waals surface area contributed by atoms with Crippen LogP contribution in [0.25, 0.3) is 0 Å². The molecule has 134 valence electrons. The first-order chi connectivity index (χ1) is 12.5. The smallest absolute Gasteiger partial charge is 0.255 e. The van der Waals surface area contributed by atoms with E-state index < -0.39 is 0 Å². The Morgan fingerprint density at radius 1 is 1.04 bits per heavy atom. The minimum atomic E-state index is -0.265. The Labute approximate surface area is 152 Å². The van der Waals surface area contributed by atoms with E-state index in [1.807, 2.05) is 0 Å². The minimum Gasteiger partial charge on any atom is -0.345 e. The van der Waals surface area contributed by atoms with Gasteiger partial charge in [0.1, 0.15) is 0 Å². The summed E-state index contributed by atoms with van der Waals surface area (Å²) in [5.41, 5.74) is 2.37. The zero-order chi connectivity index (χ0) is 18.7. The Morgan fingerprint density at radius 3 is 2.38 bits per heavy atom. The molecular formula is C20H21N3O3. The number of hydrogen-bond donors (Lipinski definition) is 1. The molecule has 2 aromatic rings. The summed E-state index contributed by atoms with van der Waals surface area (Å²) in [4.78, 5) is 39.5. The Bertz CT molecular complexity index is 844. The third-order valence-electron chi connectivity index (χ3n) is 4.29. The van der Waals surface area contributed by atoms with Crippen molar-refractivity contribution in [1.29, 1.82) is 0 Å². The zero-order valence-corrected chi connectivity index (χ0v) is 14.9. The van der Waals surface area contributed by atoms with E-state index in [-0.39, 0.29) is 17.7 Å². The van der Waals surface area contributed by atoms with Crippen molar-refractivity contribution < 1.29 is 14.4 Å². The first kappa shape index (κ1) is 17.7. The van der Waals surface area contributed by atoms with Gasteiger partial charge in [0.05, 0.1) is 0 Å². The van der Waals surface area contributed by atoms with Crippen molar-refractivity contribution >= 4 is 29.1 Å². The summed E-state index contributed by atoms with van der Waals surface area (Å²) in [6, 6.07) is 13.8. The van der Waals surface area contributed by atoms with Crippen LogP contribution in [0.15, 0.2) is 48.5 Å². The molecule has 3 amide bonds. The summed E-state index contributed by atoms with van der Waals surface area (Å²) in [6.07, 6.45) is 1.44. The molecule has 1 saturated heterocycles. The number of anilines is 2. The van der Waals surface area contributed by atoms with Crippen molar-refractivity contribution in [3.63, 3.8) is 0 Å². The van der Waals surface area contributed by atoms with Gasteiger partial charge in [0.25, 0.3) is 11.8 Å². The summed E-state index contributed by atoms with van der Waals surface area (Å²) in [5, 5.41) is 2.80. The molecule has 6 nitrogen and oxygen atoms in total. The van der Waals surface area contributed by atoms with Crippen LogP contribution in [0.3, 0.4) is 0 Å². The van der Waals surface area contributed by atoms with Gasteiger partial charge >= 0.3 is 0 Å². The predicted molar refractivity (Wildman–Crippen MR) is 100 cm³/mol. The standard InChI is InChI=1S/C20H21N3O3/c1-22(2)20(26)15-5-3-6-16(13-15)21-19(25)14-8-10-17(11-9-14)23-12-4-7-18(23)24/h3,5-6,8-11,13H,4,7,12H2,1-2H3,(H,21,25).